The number of carboxylic acid groups (broad SMARTS) is 1. The van der Waals surface area contributed by atoms with Crippen LogP contribution in [-0.4, -0.2) is 43.7 Å². The summed E-state index contributed by atoms with van der Waals surface area (Å²) in [4.78, 5) is 12.4. The molecule has 1 aromatic heterocycles. The fourth-order valence-corrected chi connectivity index (χ4v) is 7.70. The zero-order valence-corrected chi connectivity index (χ0v) is 25.4. The first kappa shape index (κ1) is 32.1. The van der Waals surface area contributed by atoms with Gasteiger partial charge in [0.1, 0.15) is 11.3 Å². The zero-order chi connectivity index (χ0) is 30.4. The van der Waals surface area contributed by atoms with E-state index in [0.717, 1.165) is 51.4 Å². The lowest BCUT2D eigenvalue weighted by Gasteiger charge is -2.49. The van der Waals surface area contributed by atoms with Gasteiger partial charge in [0.05, 0.1) is 17.4 Å². The molecule has 1 aliphatic carbocycles. The van der Waals surface area contributed by atoms with Gasteiger partial charge in [0.15, 0.2) is 11.5 Å². The Hall–Kier alpha value is -2.80. The number of hydrogen-bond acceptors (Lipinski definition) is 8. The molecule has 1 amide bonds. The summed E-state index contributed by atoms with van der Waals surface area (Å²) in [5, 5.41) is 25.5. The largest absolute Gasteiger partial charge is 0.472 e. The molecule has 0 unspecified atom stereocenters. The smallest absolute Gasteiger partial charge is 0.406 e. The first-order valence-electron chi connectivity index (χ1n) is 14.8. The summed E-state index contributed by atoms with van der Waals surface area (Å²) in [5.41, 5.74) is 1.74. The Morgan fingerprint density at radius 2 is 1.79 bits per heavy atom. The van der Waals surface area contributed by atoms with Gasteiger partial charge in [-0.2, -0.15) is 4.72 Å². The number of ether oxygens (including phenoxy) is 2. The molecular weight excluding hydrogens is 562 g/mol. The van der Waals surface area contributed by atoms with Gasteiger partial charge in [0, 0.05) is 11.6 Å². The summed E-state index contributed by atoms with van der Waals surface area (Å²) in [6, 6.07) is 5.78. The van der Waals surface area contributed by atoms with Crippen LogP contribution in [0.1, 0.15) is 90.0 Å². The minimum absolute atomic E-state index is 0.0268. The molecule has 0 radical (unpaired) electrons. The van der Waals surface area contributed by atoms with Crippen molar-refractivity contribution in [1.82, 2.24) is 10.0 Å². The van der Waals surface area contributed by atoms with Gasteiger partial charge < -0.3 is 29.8 Å². The number of unbranched alkanes of at least 4 members (excludes halogenated alkanes) is 1. The van der Waals surface area contributed by atoms with E-state index in [9.17, 15) is 23.4 Å². The highest BCUT2D eigenvalue weighted by atomic mass is 32.2. The van der Waals surface area contributed by atoms with E-state index in [1.807, 2.05) is 0 Å². The summed E-state index contributed by atoms with van der Waals surface area (Å²) in [7, 11) is -4.40. The van der Waals surface area contributed by atoms with Gasteiger partial charge >= 0.3 is 6.09 Å². The topological polar surface area (TPSA) is 173 Å². The Bertz CT molecular complexity index is 1290. The van der Waals surface area contributed by atoms with Crippen LogP contribution >= 0.6 is 0 Å². The third-order valence-electron chi connectivity index (χ3n) is 8.78. The molecule has 0 bridgehead atoms. The standard InChI is InChI=1S/C30H45N3O8S/c1-28(2,13-6-7-16-31)14-15-29(36,23-12-17-39-20-23)30(32-27(34)35,19-22-8-4-3-5-9-22)33-42(37,38)24-10-11-25-26(18-24)41-21-40-25/h10-12,17-18,20,22,32-33,36H,3-9,13-16,19,21,31H2,1-2H3,(H,34,35)/t29-,30+/m1/s1. The maximum absolute atomic E-state index is 14.1. The SMILES string of the molecule is CC(C)(CCCCN)CC[C@@](O)(c1ccoc1)[C@@](CC1CCCCC1)(NC(=O)O)NS(=O)(=O)c1ccc2c(c1)OCO2. The van der Waals surface area contributed by atoms with Crippen LogP contribution in [0, 0.1) is 11.3 Å². The van der Waals surface area contributed by atoms with E-state index in [2.05, 4.69) is 23.9 Å². The second-order valence-electron chi connectivity index (χ2n) is 12.4. The Morgan fingerprint density at radius 1 is 1.05 bits per heavy atom. The molecule has 1 fully saturated rings. The van der Waals surface area contributed by atoms with Crippen molar-refractivity contribution >= 4 is 16.1 Å². The highest BCUT2D eigenvalue weighted by molar-refractivity contribution is 7.89. The quantitative estimate of drug-likeness (QED) is 0.137. The van der Waals surface area contributed by atoms with Gasteiger partial charge in [-0.1, -0.05) is 52.4 Å². The summed E-state index contributed by atoms with van der Waals surface area (Å²) in [5.74, 6) is 0.658. The van der Waals surface area contributed by atoms with Crippen molar-refractivity contribution in [1.29, 1.82) is 0 Å². The number of carbonyl (C=O) groups is 1. The van der Waals surface area contributed by atoms with E-state index in [-0.39, 0.29) is 41.6 Å². The molecule has 2 aromatic rings. The third-order valence-corrected chi connectivity index (χ3v) is 10.3. The van der Waals surface area contributed by atoms with Crippen molar-refractivity contribution in [2.24, 2.45) is 17.1 Å². The van der Waals surface area contributed by atoms with Gasteiger partial charge in [0.2, 0.25) is 16.8 Å². The minimum atomic E-state index is -4.40. The van der Waals surface area contributed by atoms with E-state index in [1.54, 1.807) is 6.07 Å². The first-order valence-corrected chi connectivity index (χ1v) is 16.3. The molecule has 2 atom stereocenters. The van der Waals surface area contributed by atoms with Crippen LogP contribution in [0.5, 0.6) is 11.5 Å². The summed E-state index contributed by atoms with van der Waals surface area (Å²) in [6.07, 6.45) is 9.06. The molecule has 1 aliphatic heterocycles. The van der Waals surface area contributed by atoms with E-state index in [4.69, 9.17) is 19.6 Å². The monoisotopic (exact) mass is 607 g/mol. The normalized spacial score (nSPS) is 18.8. The second-order valence-corrected chi connectivity index (χ2v) is 14.1. The van der Waals surface area contributed by atoms with Crippen LogP contribution in [0.2, 0.25) is 0 Å². The number of rotatable bonds is 15. The van der Waals surface area contributed by atoms with Gasteiger partial charge in [-0.25, -0.2) is 13.2 Å². The van der Waals surface area contributed by atoms with Gasteiger partial charge in [-0.05, 0) is 68.2 Å². The van der Waals surface area contributed by atoms with Crippen LogP contribution in [0.3, 0.4) is 0 Å². The number of benzene rings is 1. The van der Waals surface area contributed by atoms with E-state index in [0.29, 0.717) is 24.3 Å². The van der Waals surface area contributed by atoms with Crippen LogP contribution in [-0.2, 0) is 15.6 Å². The van der Waals surface area contributed by atoms with E-state index < -0.39 is 27.4 Å². The van der Waals surface area contributed by atoms with Crippen LogP contribution in [0.25, 0.3) is 0 Å². The van der Waals surface area contributed by atoms with E-state index in [1.165, 1.54) is 30.7 Å². The fraction of sp³-hybridized carbons (Fsp3) is 0.633. The summed E-state index contributed by atoms with van der Waals surface area (Å²) in [6.45, 7) is 4.73. The minimum Gasteiger partial charge on any atom is -0.472 e. The highest BCUT2D eigenvalue weighted by Gasteiger charge is 2.56. The molecular formula is C30H45N3O8S. The van der Waals surface area contributed by atoms with Crippen LogP contribution in [0.15, 0.2) is 46.1 Å². The molecule has 2 heterocycles. The Kier molecular flexibility index (Phi) is 10.1. The van der Waals surface area contributed by atoms with Crippen LogP contribution in [0.4, 0.5) is 4.79 Å². The lowest BCUT2D eigenvalue weighted by atomic mass is 9.69. The third kappa shape index (κ3) is 7.39. The molecule has 12 heteroatoms. The van der Waals surface area contributed by atoms with Crippen molar-refractivity contribution in [2.75, 3.05) is 13.3 Å². The average Bonchev–Trinajstić information content (AvgIpc) is 3.64. The predicted molar refractivity (Wildman–Crippen MR) is 156 cm³/mol. The molecule has 42 heavy (non-hydrogen) atoms. The number of nitrogens with two attached hydrogens (primary N) is 1. The molecule has 4 rings (SSSR count). The Morgan fingerprint density at radius 3 is 2.45 bits per heavy atom. The van der Waals surface area contributed by atoms with Gasteiger partial charge in [0.25, 0.3) is 0 Å². The maximum atomic E-state index is 14.1. The Labute approximate surface area is 248 Å². The lowest BCUT2D eigenvalue weighted by Crippen LogP contribution is -2.72. The van der Waals surface area contributed by atoms with Crippen molar-refractivity contribution in [3.8, 4) is 11.5 Å². The lowest BCUT2D eigenvalue weighted by molar-refractivity contribution is -0.0881. The molecule has 0 spiro atoms. The number of fused-ring (bicyclic) bond motifs is 1. The Balaban J connectivity index is 1.80. The second kappa shape index (κ2) is 13.2. The summed E-state index contributed by atoms with van der Waals surface area (Å²) >= 11 is 0. The molecule has 0 saturated heterocycles. The number of amides is 1. The summed E-state index contributed by atoms with van der Waals surface area (Å²) < 4.78 is 46.9. The van der Waals surface area contributed by atoms with Gasteiger partial charge in [-0.3, -0.25) is 5.32 Å². The molecule has 2 aliphatic rings. The average molecular weight is 608 g/mol. The van der Waals surface area contributed by atoms with Crippen molar-refractivity contribution in [2.45, 2.75) is 101 Å². The molecule has 1 aromatic carbocycles. The number of sulfonamides is 1. The van der Waals surface area contributed by atoms with Crippen molar-refractivity contribution in [3.05, 3.63) is 42.4 Å². The zero-order valence-electron chi connectivity index (χ0n) is 24.6. The number of hydrogen-bond donors (Lipinski definition) is 5. The van der Waals surface area contributed by atoms with Crippen molar-refractivity contribution in [3.63, 3.8) is 0 Å². The molecule has 1 saturated carbocycles. The maximum Gasteiger partial charge on any atom is 0.406 e. The van der Waals surface area contributed by atoms with E-state index >= 15 is 0 Å². The highest BCUT2D eigenvalue weighted by Crippen LogP contribution is 2.46. The molecule has 234 valence electrons. The predicted octanol–water partition coefficient (Wildman–Crippen LogP) is 5.04. The molecule has 11 nitrogen and oxygen atoms in total. The fourth-order valence-electron chi connectivity index (χ4n) is 6.31. The van der Waals surface area contributed by atoms with Crippen molar-refractivity contribution < 1.29 is 37.3 Å². The molecule has 6 N–H and O–H groups in total. The van der Waals surface area contributed by atoms with Crippen LogP contribution < -0.4 is 25.2 Å². The first-order chi connectivity index (χ1) is 19.9. The number of aliphatic hydroxyl groups is 1. The van der Waals surface area contributed by atoms with Gasteiger partial charge in [-0.15, -0.1) is 0 Å². The number of furan rings is 1. The number of nitrogens with one attached hydrogen (secondary N) is 2.